The summed E-state index contributed by atoms with van der Waals surface area (Å²) in [6.07, 6.45) is 5.37. The number of rotatable bonds is 5. The number of carboxylic acids is 1. The molecular formula is C13H24O3. The first-order chi connectivity index (χ1) is 7.54. The second-order valence-corrected chi connectivity index (χ2v) is 4.99. The number of hydrogen-bond acceptors (Lipinski definition) is 2. The SMILES string of the molecule is CCC1CCC(OC(C)CC)(C(=O)O)CC1. The monoisotopic (exact) mass is 228 g/mol. The van der Waals surface area contributed by atoms with Gasteiger partial charge in [-0.2, -0.15) is 0 Å². The van der Waals surface area contributed by atoms with Crippen LogP contribution in [0, 0.1) is 5.92 Å². The van der Waals surface area contributed by atoms with Crippen LogP contribution < -0.4 is 0 Å². The van der Waals surface area contributed by atoms with Crippen LogP contribution in [0.25, 0.3) is 0 Å². The third-order valence-electron chi connectivity index (χ3n) is 3.88. The van der Waals surface area contributed by atoms with Crippen LogP contribution in [-0.4, -0.2) is 22.8 Å². The highest BCUT2D eigenvalue weighted by Crippen LogP contribution is 2.37. The molecule has 16 heavy (non-hydrogen) atoms. The molecule has 94 valence electrons. The Morgan fingerprint density at radius 3 is 2.38 bits per heavy atom. The van der Waals surface area contributed by atoms with Crippen LogP contribution in [0.1, 0.15) is 59.3 Å². The maximum atomic E-state index is 11.4. The molecule has 0 amide bonds. The van der Waals surface area contributed by atoms with Crippen LogP contribution in [0.2, 0.25) is 0 Å². The molecule has 1 unspecified atom stereocenters. The van der Waals surface area contributed by atoms with Crippen molar-refractivity contribution in [3.63, 3.8) is 0 Å². The fraction of sp³-hybridized carbons (Fsp3) is 0.923. The highest BCUT2D eigenvalue weighted by Gasteiger charge is 2.43. The number of carboxylic acid groups (broad SMARTS) is 1. The third-order valence-corrected chi connectivity index (χ3v) is 3.88. The van der Waals surface area contributed by atoms with Gasteiger partial charge in [-0.05, 0) is 44.9 Å². The standard InChI is InChI=1S/C13H24O3/c1-4-10(3)16-13(12(14)15)8-6-11(5-2)7-9-13/h10-11H,4-9H2,1-3H3,(H,14,15). The normalized spacial score (nSPS) is 32.3. The number of carbonyl (C=O) groups is 1. The Balaban J connectivity index is 2.65. The Kier molecular flexibility index (Phi) is 4.78. The van der Waals surface area contributed by atoms with E-state index in [2.05, 4.69) is 6.92 Å². The van der Waals surface area contributed by atoms with Gasteiger partial charge in [-0.25, -0.2) is 4.79 Å². The molecule has 0 aliphatic heterocycles. The van der Waals surface area contributed by atoms with Gasteiger partial charge in [0.2, 0.25) is 0 Å². The van der Waals surface area contributed by atoms with Crippen LogP contribution in [0.3, 0.4) is 0 Å². The first-order valence-corrected chi connectivity index (χ1v) is 6.45. The minimum absolute atomic E-state index is 0.0364. The summed E-state index contributed by atoms with van der Waals surface area (Å²) in [4.78, 5) is 11.4. The highest BCUT2D eigenvalue weighted by molar-refractivity contribution is 5.77. The molecule has 0 aromatic heterocycles. The molecular weight excluding hydrogens is 204 g/mol. The Labute approximate surface area is 98.2 Å². The molecule has 1 rings (SSSR count). The van der Waals surface area contributed by atoms with Crippen LogP contribution in [0.5, 0.6) is 0 Å². The van der Waals surface area contributed by atoms with Gasteiger partial charge in [0, 0.05) is 0 Å². The average molecular weight is 228 g/mol. The maximum Gasteiger partial charge on any atom is 0.335 e. The summed E-state index contributed by atoms with van der Waals surface area (Å²) in [5, 5.41) is 9.37. The first kappa shape index (κ1) is 13.5. The van der Waals surface area contributed by atoms with E-state index in [-0.39, 0.29) is 6.10 Å². The molecule has 1 aliphatic carbocycles. The number of hydrogen-bond donors (Lipinski definition) is 1. The summed E-state index contributed by atoms with van der Waals surface area (Å²) in [7, 11) is 0. The van der Waals surface area contributed by atoms with Gasteiger partial charge in [-0.15, -0.1) is 0 Å². The molecule has 0 radical (unpaired) electrons. The lowest BCUT2D eigenvalue weighted by Gasteiger charge is -2.38. The Hall–Kier alpha value is -0.570. The second kappa shape index (κ2) is 5.67. The van der Waals surface area contributed by atoms with Crippen molar-refractivity contribution in [1.82, 2.24) is 0 Å². The maximum absolute atomic E-state index is 11.4. The van der Waals surface area contributed by atoms with Gasteiger partial charge in [-0.3, -0.25) is 0 Å². The van der Waals surface area contributed by atoms with E-state index < -0.39 is 11.6 Å². The van der Waals surface area contributed by atoms with Crippen LogP contribution in [-0.2, 0) is 9.53 Å². The van der Waals surface area contributed by atoms with Crippen molar-refractivity contribution < 1.29 is 14.6 Å². The third kappa shape index (κ3) is 2.97. The summed E-state index contributed by atoms with van der Waals surface area (Å²) < 4.78 is 5.78. The lowest BCUT2D eigenvalue weighted by Crippen LogP contribution is -2.46. The molecule has 0 bridgehead atoms. The average Bonchev–Trinajstić information content (AvgIpc) is 2.29. The van der Waals surface area contributed by atoms with E-state index in [9.17, 15) is 9.90 Å². The predicted octanol–water partition coefficient (Wildman–Crippen LogP) is 3.23. The number of aliphatic carboxylic acids is 1. The molecule has 1 saturated carbocycles. The molecule has 0 saturated heterocycles. The molecule has 0 aromatic rings. The molecule has 0 spiro atoms. The predicted molar refractivity (Wildman–Crippen MR) is 63.5 cm³/mol. The van der Waals surface area contributed by atoms with Gasteiger partial charge >= 0.3 is 5.97 Å². The first-order valence-electron chi connectivity index (χ1n) is 6.45. The van der Waals surface area contributed by atoms with Crippen molar-refractivity contribution in [3.05, 3.63) is 0 Å². The van der Waals surface area contributed by atoms with Gasteiger partial charge < -0.3 is 9.84 Å². The lowest BCUT2D eigenvalue weighted by molar-refractivity contribution is -0.180. The van der Waals surface area contributed by atoms with Crippen molar-refractivity contribution >= 4 is 5.97 Å². The van der Waals surface area contributed by atoms with Crippen LogP contribution in [0.4, 0.5) is 0 Å². The van der Waals surface area contributed by atoms with E-state index in [1.54, 1.807) is 0 Å². The zero-order valence-corrected chi connectivity index (χ0v) is 10.7. The molecule has 1 aliphatic rings. The second-order valence-electron chi connectivity index (χ2n) is 4.99. The highest BCUT2D eigenvalue weighted by atomic mass is 16.5. The summed E-state index contributed by atoms with van der Waals surface area (Å²) >= 11 is 0. The van der Waals surface area contributed by atoms with Crippen molar-refractivity contribution in [2.24, 2.45) is 5.92 Å². The fourth-order valence-corrected chi connectivity index (χ4v) is 2.40. The van der Waals surface area contributed by atoms with Gasteiger partial charge in [0.15, 0.2) is 5.60 Å². The minimum atomic E-state index is -0.902. The Bertz CT molecular complexity index is 229. The summed E-state index contributed by atoms with van der Waals surface area (Å²) in [5.41, 5.74) is -0.902. The van der Waals surface area contributed by atoms with Crippen LogP contribution in [0.15, 0.2) is 0 Å². The lowest BCUT2D eigenvalue weighted by atomic mass is 9.77. The fourth-order valence-electron chi connectivity index (χ4n) is 2.40. The molecule has 1 fully saturated rings. The van der Waals surface area contributed by atoms with Crippen molar-refractivity contribution in [3.8, 4) is 0 Å². The zero-order chi connectivity index (χ0) is 12.2. The Morgan fingerprint density at radius 1 is 1.44 bits per heavy atom. The molecule has 3 nitrogen and oxygen atoms in total. The van der Waals surface area contributed by atoms with Crippen molar-refractivity contribution in [2.75, 3.05) is 0 Å². The topological polar surface area (TPSA) is 46.5 Å². The molecule has 0 aromatic carbocycles. The van der Waals surface area contributed by atoms with E-state index in [4.69, 9.17) is 4.74 Å². The summed E-state index contributed by atoms with van der Waals surface area (Å²) in [6, 6.07) is 0. The Morgan fingerprint density at radius 2 is 2.00 bits per heavy atom. The smallest absolute Gasteiger partial charge is 0.335 e. The van der Waals surface area contributed by atoms with Crippen LogP contribution >= 0.6 is 0 Å². The van der Waals surface area contributed by atoms with E-state index in [0.29, 0.717) is 18.8 Å². The van der Waals surface area contributed by atoms with Crippen molar-refractivity contribution in [1.29, 1.82) is 0 Å². The number of ether oxygens (including phenoxy) is 1. The van der Waals surface area contributed by atoms with Gasteiger partial charge in [0.05, 0.1) is 6.10 Å². The molecule has 0 heterocycles. The molecule has 3 heteroatoms. The van der Waals surface area contributed by atoms with E-state index in [1.807, 2.05) is 13.8 Å². The summed E-state index contributed by atoms with van der Waals surface area (Å²) in [6.45, 7) is 6.16. The molecule has 1 atom stereocenters. The van der Waals surface area contributed by atoms with E-state index in [1.165, 1.54) is 0 Å². The van der Waals surface area contributed by atoms with Crippen molar-refractivity contribution in [2.45, 2.75) is 71.0 Å². The molecule has 1 N–H and O–H groups in total. The van der Waals surface area contributed by atoms with Gasteiger partial charge in [0.1, 0.15) is 0 Å². The van der Waals surface area contributed by atoms with Gasteiger partial charge in [0.25, 0.3) is 0 Å². The quantitative estimate of drug-likeness (QED) is 0.785. The van der Waals surface area contributed by atoms with Gasteiger partial charge in [-0.1, -0.05) is 20.3 Å². The minimum Gasteiger partial charge on any atom is -0.479 e. The van der Waals surface area contributed by atoms with E-state index >= 15 is 0 Å². The largest absolute Gasteiger partial charge is 0.479 e. The van der Waals surface area contributed by atoms with E-state index in [0.717, 1.165) is 25.7 Å². The zero-order valence-electron chi connectivity index (χ0n) is 10.7. The summed E-state index contributed by atoms with van der Waals surface area (Å²) in [5.74, 6) is -0.0876.